The highest BCUT2D eigenvalue weighted by Crippen LogP contribution is 2.24. The molecule has 1 unspecified atom stereocenters. The van der Waals surface area contributed by atoms with E-state index >= 15 is 0 Å². The Morgan fingerprint density at radius 2 is 2.11 bits per heavy atom. The van der Waals surface area contributed by atoms with E-state index in [1.54, 1.807) is 0 Å². The van der Waals surface area contributed by atoms with E-state index in [1.165, 1.54) is 0 Å². The molecule has 0 spiro atoms. The Morgan fingerprint density at radius 1 is 1.39 bits per heavy atom. The van der Waals surface area contributed by atoms with Crippen LogP contribution in [-0.2, 0) is 7.05 Å². The molecule has 0 aliphatic rings. The minimum Gasteiger partial charge on any atom is -0.491 e. The van der Waals surface area contributed by atoms with E-state index < -0.39 is 0 Å². The van der Waals surface area contributed by atoms with Crippen LogP contribution in [0.15, 0.2) is 18.2 Å². The van der Waals surface area contributed by atoms with E-state index in [1.807, 2.05) is 39.1 Å². The van der Waals surface area contributed by atoms with Gasteiger partial charge in [0.25, 0.3) is 0 Å². The predicted molar refractivity (Wildman–Crippen MR) is 73.7 cm³/mol. The molecule has 0 aliphatic carbocycles. The summed E-state index contributed by atoms with van der Waals surface area (Å²) < 4.78 is 7.74. The highest BCUT2D eigenvalue weighted by Gasteiger charge is 2.13. The third-order valence-corrected chi connectivity index (χ3v) is 3.03. The predicted octanol–water partition coefficient (Wildman–Crippen LogP) is 2.77. The lowest BCUT2D eigenvalue weighted by atomic mass is 10.2. The van der Waals surface area contributed by atoms with Gasteiger partial charge in [0.15, 0.2) is 0 Å². The molecular weight excluding hydrogens is 226 g/mol. The second-order valence-corrected chi connectivity index (χ2v) is 4.86. The van der Waals surface area contributed by atoms with Crippen LogP contribution in [0.5, 0.6) is 5.75 Å². The van der Waals surface area contributed by atoms with Crippen LogP contribution in [0.3, 0.4) is 0 Å². The lowest BCUT2D eigenvalue weighted by Gasteiger charge is -2.09. The van der Waals surface area contributed by atoms with Crippen molar-refractivity contribution in [3.63, 3.8) is 0 Å². The molecule has 1 aromatic heterocycles. The lowest BCUT2D eigenvalue weighted by Crippen LogP contribution is -2.13. The van der Waals surface area contributed by atoms with E-state index in [0.717, 1.165) is 29.0 Å². The second-order valence-electron chi connectivity index (χ2n) is 4.86. The second kappa shape index (κ2) is 4.98. The maximum Gasteiger partial charge on any atom is 0.126 e. The fraction of sp³-hybridized carbons (Fsp3) is 0.500. The molecule has 0 fully saturated rings. The Balaban J connectivity index is 2.45. The van der Waals surface area contributed by atoms with Gasteiger partial charge in [-0.25, -0.2) is 4.98 Å². The largest absolute Gasteiger partial charge is 0.491 e. The quantitative estimate of drug-likeness (QED) is 0.903. The average molecular weight is 247 g/mol. The molecule has 18 heavy (non-hydrogen) atoms. The van der Waals surface area contributed by atoms with Crippen LogP contribution in [0.25, 0.3) is 11.0 Å². The number of hydrogen-bond donors (Lipinski definition) is 1. The first-order valence-electron chi connectivity index (χ1n) is 6.41. The highest BCUT2D eigenvalue weighted by molar-refractivity contribution is 5.77. The van der Waals surface area contributed by atoms with Crippen molar-refractivity contribution in [2.24, 2.45) is 12.8 Å². The van der Waals surface area contributed by atoms with Gasteiger partial charge in [0.2, 0.25) is 0 Å². The summed E-state index contributed by atoms with van der Waals surface area (Å²) in [5, 5.41) is 0. The van der Waals surface area contributed by atoms with Crippen LogP contribution in [0.4, 0.5) is 0 Å². The maximum atomic E-state index is 6.06. The molecule has 0 amide bonds. The first-order chi connectivity index (χ1) is 8.52. The minimum atomic E-state index is -0.0168. The molecule has 0 aliphatic heterocycles. The summed E-state index contributed by atoms with van der Waals surface area (Å²) in [6.07, 6.45) is 1.05. The van der Waals surface area contributed by atoms with Gasteiger partial charge in [-0.1, -0.05) is 6.92 Å². The van der Waals surface area contributed by atoms with Crippen LogP contribution < -0.4 is 10.5 Å². The number of nitrogens with zero attached hydrogens (tertiary/aromatic N) is 2. The zero-order valence-electron chi connectivity index (χ0n) is 11.5. The summed E-state index contributed by atoms with van der Waals surface area (Å²) in [6, 6.07) is 5.97. The molecule has 0 bridgehead atoms. The summed E-state index contributed by atoms with van der Waals surface area (Å²) in [6.45, 7) is 6.10. The van der Waals surface area contributed by atoms with E-state index in [2.05, 4.69) is 16.5 Å². The summed E-state index contributed by atoms with van der Waals surface area (Å²) >= 11 is 0. The number of ether oxygens (including phenoxy) is 1. The topological polar surface area (TPSA) is 53.1 Å². The standard InChI is InChI=1S/C14H21N3O/c1-5-11(15)14-16-12-8-10(18-9(2)3)6-7-13(12)17(14)4/h6-9,11H,5,15H2,1-4H3. The van der Waals surface area contributed by atoms with E-state index in [0.29, 0.717) is 0 Å². The summed E-state index contributed by atoms with van der Waals surface area (Å²) in [5.41, 5.74) is 8.09. The Labute approximate surface area is 108 Å². The normalized spacial score (nSPS) is 13.2. The third-order valence-electron chi connectivity index (χ3n) is 3.03. The van der Waals surface area contributed by atoms with Crippen LogP contribution in [0, 0.1) is 0 Å². The number of benzene rings is 1. The third kappa shape index (κ3) is 2.34. The van der Waals surface area contributed by atoms with Crippen molar-refractivity contribution >= 4 is 11.0 Å². The van der Waals surface area contributed by atoms with Crippen molar-refractivity contribution in [3.8, 4) is 5.75 Å². The lowest BCUT2D eigenvalue weighted by molar-refractivity contribution is 0.242. The smallest absolute Gasteiger partial charge is 0.126 e. The molecule has 4 heteroatoms. The molecule has 2 aromatic rings. The Bertz CT molecular complexity index is 545. The Kier molecular flexibility index (Phi) is 3.57. The van der Waals surface area contributed by atoms with Gasteiger partial charge in [-0.3, -0.25) is 0 Å². The van der Waals surface area contributed by atoms with Gasteiger partial charge in [-0.2, -0.15) is 0 Å². The van der Waals surface area contributed by atoms with Crippen molar-refractivity contribution in [2.45, 2.75) is 39.3 Å². The fourth-order valence-electron chi connectivity index (χ4n) is 2.06. The maximum absolute atomic E-state index is 6.06. The van der Waals surface area contributed by atoms with Crippen LogP contribution >= 0.6 is 0 Å². The monoisotopic (exact) mass is 247 g/mol. The molecule has 0 radical (unpaired) electrons. The van der Waals surface area contributed by atoms with Gasteiger partial charge in [0.05, 0.1) is 23.2 Å². The van der Waals surface area contributed by atoms with Crippen LogP contribution in [-0.4, -0.2) is 15.7 Å². The minimum absolute atomic E-state index is 0.0168. The zero-order chi connectivity index (χ0) is 13.3. The molecule has 0 saturated carbocycles. The molecule has 1 atom stereocenters. The van der Waals surface area contributed by atoms with Crippen molar-refractivity contribution < 1.29 is 4.74 Å². The number of aromatic nitrogens is 2. The van der Waals surface area contributed by atoms with Crippen molar-refractivity contribution in [3.05, 3.63) is 24.0 Å². The van der Waals surface area contributed by atoms with Gasteiger partial charge in [-0.15, -0.1) is 0 Å². The summed E-state index contributed by atoms with van der Waals surface area (Å²) in [4.78, 5) is 4.61. The van der Waals surface area contributed by atoms with Gasteiger partial charge in [-0.05, 0) is 32.4 Å². The highest BCUT2D eigenvalue weighted by atomic mass is 16.5. The van der Waals surface area contributed by atoms with Crippen molar-refractivity contribution in [1.82, 2.24) is 9.55 Å². The van der Waals surface area contributed by atoms with E-state index in [9.17, 15) is 0 Å². The fourth-order valence-corrected chi connectivity index (χ4v) is 2.06. The summed E-state index contributed by atoms with van der Waals surface area (Å²) in [7, 11) is 2.00. The van der Waals surface area contributed by atoms with Gasteiger partial charge >= 0.3 is 0 Å². The Morgan fingerprint density at radius 3 is 2.72 bits per heavy atom. The van der Waals surface area contributed by atoms with Crippen molar-refractivity contribution in [1.29, 1.82) is 0 Å². The zero-order valence-corrected chi connectivity index (χ0v) is 11.5. The van der Waals surface area contributed by atoms with Gasteiger partial charge < -0.3 is 15.0 Å². The molecule has 4 nitrogen and oxygen atoms in total. The van der Waals surface area contributed by atoms with E-state index in [-0.39, 0.29) is 12.1 Å². The SMILES string of the molecule is CCC(N)c1nc2cc(OC(C)C)ccc2n1C. The van der Waals surface area contributed by atoms with Crippen LogP contribution in [0.1, 0.15) is 39.1 Å². The Hall–Kier alpha value is -1.55. The van der Waals surface area contributed by atoms with Gasteiger partial charge in [0, 0.05) is 13.1 Å². The van der Waals surface area contributed by atoms with Crippen molar-refractivity contribution in [2.75, 3.05) is 0 Å². The number of hydrogen-bond acceptors (Lipinski definition) is 3. The van der Waals surface area contributed by atoms with E-state index in [4.69, 9.17) is 10.5 Å². The molecule has 1 heterocycles. The average Bonchev–Trinajstić information content (AvgIpc) is 2.65. The molecule has 1 aromatic carbocycles. The van der Waals surface area contributed by atoms with Gasteiger partial charge in [0.1, 0.15) is 11.6 Å². The number of aryl methyl sites for hydroxylation is 1. The molecule has 2 N–H and O–H groups in total. The van der Waals surface area contributed by atoms with Crippen LogP contribution in [0.2, 0.25) is 0 Å². The molecular formula is C14H21N3O. The number of fused-ring (bicyclic) bond motifs is 1. The number of imidazole rings is 1. The number of rotatable bonds is 4. The molecule has 98 valence electrons. The molecule has 2 rings (SSSR count). The first-order valence-corrected chi connectivity index (χ1v) is 6.41. The number of nitrogens with two attached hydrogens (primary N) is 1. The first kappa shape index (κ1) is 12.9. The summed E-state index contributed by atoms with van der Waals surface area (Å²) in [5.74, 6) is 1.78. The molecule has 0 saturated heterocycles.